The molecule has 2 aromatic carbocycles. The third-order valence-corrected chi connectivity index (χ3v) is 6.99. The van der Waals surface area contributed by atoms with Crippen LogP contribution in [0.15, 0.2) is 60.0 Å². The van der Waals surface area contributed by atoms with Gasteiger partial charge in [-0.2, -0.15) is 4.31 Å². The molecule has 1 heterocycles. The van der Waals surface area contributed by atoms with Crippen LogP contribution in [0.25, 0.3) is 0 Å². The lowest BCUT2D eigenvalue weighted by Gasteiger charge is -2.31. The number of nitrogens with zero attached hydrogens (tertiary/aromatic N) is 2. The van der Waals surface area contributed by atoms with Crippen LogP contribution in [0.3, 0.4) is 0 Å². The predicted octanol–water partition coefficient (Wildman–Crippen LogP) is 3.09. The third kappa shape index (κ3) is 5.20. The van der Waals surface area contributed by atoms with Crippen molar-refractivity contribution in [1.29, 1.82) is 0 Å². The molecule has 0 saturated carbocycles. The van der Waals surface area contributed by atoms with Crippen molar-refractivity contribution in [2.24, 2.45) is 0 Å². The van der Waals surface area contributed by atoms with Gasteiger partial charge in [-0.15, -0.1) is 0 Å². The largest absolute Gasteiger partial charge is 0.490 e. The van der Waals surface area contributed by atoms with E-state index in [1.165, 1.54) is 22.5 Å². The Morgan fingerprint density at radius 2 is 1.83 bits per heavy atom. The van der Waals surface area contributed by atoms with Crippen molar-refractivity contribution in [3.05, 3.63) is 65.7 Å². The molecule has 30 heavy (non-hydrogen) atoms. The SMILES string of the molecule is C=CCOc1ccc(NC(=O)c2cc(S(=O)(=O)N3CCN(C)CC3)ccc2Cl)cc1. The molecule has 3 rings (SSSR count). The minimum atomic E-state index is -3.70. The Kier molecular flexibility index (Phi) is 7.14. The van der Waals surface area contributed by atoms with Crippen LogP contribution in [0.2, 0.25) is 5.02 Å². The van der Waals surface area contributed by atoms with Crippen LogP contribution in [0.4, 0.5) is 5.69 Å². The molecule has 0 aliphatic carbocycles. The number of likely N-dealkylation sites (N-methyl/N-ethyl adjacent to an activating group) is 1. The summed E-state index contributed by atoms with van der Waals surface area (Å²) in [5.41, 5.74) is 0.633. The Labute approximate surface area is 181 Å². The number of hydrogen-bond donors (Lipinski definition) is 1. The summed E-state index contributed by atoms with van der Waals surface area (Å²) in [5, 5.41) is 2.91. The van der Waals surface area contributed by atoms with E-state index in [1.807, 2.05) is 7.05 Å². The molecule has 0 unspecified atom stereocenters. The average molecular weight is 450 g/mol. The molecule has 1 amide bonds. The monoisotopic (exact) mass is 449 g/mol. The Morgan fingerprint density at radius 3 is 2.47 bits per heavy atom. The molecule has 1 saturated heterocycles. The summed E-state index contributed by atoms with van der Waals surface area (Å²) in [6.07, 6.45) is 1.64. The topological polar surface area (TPSA) is 78.9 Å². The van der Waals surface area contributed by atoms with E-state index in [2.05, 4.69) is 16.8 Å². The quantitative estimate of drug-likeness (QED) is 0.657. The molecule has 7 nitrogen and oxygen atoms in total. The average Bonchev–Trinajstić information content (AvgIpc) is 2.73. The van der Waals surface area contributed by atoms with Crippen LogP contribution in [-0.4, -0.2) is 63.4 Å². The molecular weight excluding hydrogens is 426 g/mol. The molecule has 0 atom stereocenters. The number of amides is 1. The van der Waals surface area contributed by atoms with Gasteiger partial charge in [-0.1, -0.05) is 24.3 Å². The molecule has 1 fully saturated rings. The second-order valence-electron chi connectivity index (χ2n) is 6.93. The number of benzene rings is 2. The number of sulfonamides is 1. The van der Waals surface area contributed by atoms with Gasteiger partial charge in [-0.05, 0) is 49.5 Å². The Morgan fingerprint density at radius 1 is 1.17 bits per heavy atom. The van der Waals surface area contributed by atoms with Gasteiger partial charge in [0.05, 0.1) is 15.5 Å². The van der Waals surface area contributed by atoms with E-state index in [-0.39, 0.29) is 15.5 Å². The molecule has 0 aromatic heterocycles. The zero-order chi connectivity index (χ0) is 21.7. The van der Waals surface area contributed by atoms with E-state index in [9.17, 15) is 13.2 Å². The molecule has 0 spiro atoms. The zero-order valence-corrected chi connectivity index (χ0v) is 18.2. The maximum Gasteiger partial charge on any atom is 0.257 e. The Bertz CT molecular complexity index is 1020. The number of hydrogen-bond acceptors (Lipinski definition) is 5. The summed E-state index contributed by atoms with van der Waals surface area (Å²) in [6.45, 7) is 6.11. The van der Waals surface area contributed by atoms with Crippen LogP contribution in [0, 0.1) is 0 Å². The van der Waals surface area contributed by atoms with Crippen LogP contribution in [0.5, 0.6) is 5.75 Å². The first-order chi connectivity index (χ1) is 14.3. The van der Waals surface area contributed by atoms with Crippen molar-refractivity contribution in [1.82, 2.24) is 9.21 Å². The summed E-state index contributed by atoms with van der Waals surface area (Å²) >= 11 is 6.19. The maximum atomic E-state index is 13.0. The van der Waals surface area contributed by atoms with E-state index >= 15 is 0 Å². The molecule has 0 bridgehead atoms. The highest BCUT2D eigenvalue weighted by Gasteiger charge is 2.28. The Hall–Kier alpha value is -2.39. The summed E-state index contributed by atoms with van der Waals surface area (Å²) in [6, 6.07) is 11.0. The fourth-order valence-corrected chi connectivity index (χ4v) is 4.66. The number of halogens is 1. The molecule has 160 valence electrons. The fourth-order valence-electron chi connectivity index (χ4n) is 3.00. The van der Waals surface area contributed by atoms with Gasteiger partial charge < -0.3 is 15.0 Å². The van der Waals surface area contributed by atoms with Crippen LogP contribution < -0.4 is 10.1 Å². The van der Waals surface area contributed by atoms with Crippen molar-refractivity contribution in [2.45, 2.75) is 4.90 Å². The molecule has 2 aromatic rings. The lowest BCUT2D eigenvalue weighted by atomic mass is 10.2. The smallest absolute Gasteiger partial charge is 0.257 e. The lowest BCUT2D eigenvalue weighted by Crippen LogP contribution is -2.47. The van der Waals surface area contributed by atoms with Gasteiger partial charge in [0.1, 0.15) is 12.4 Å². The highest BCUT2D eigenvalue weighted by atomic mass is 35.5. The maximum absolute atomic E-state index is 13.0. The molecule has 9 heteroatoms. The van der Waals surface area contributed by atoms with Gasteiger partial charge in [0.15, 0.2) is 0 Å². The number of ether oxygens (including phenoxy) is 1. The molecular formula is C21H24ClN3O4S. The van der Waals surface area contributed by atoms with Crippen LogP contribution >= 0.6 is 11.6 Å². The highest BCUT2D eigenvalue weighted by Crippen LogP contribution is 2.25. The van der Waals surface area contributed by atoms with Crippen molar-refractivity contribution >= 4 is 33.2 Å². The number of anilines is 1. The van der Waals surface area contributed by atoms with Gasteiger partial charge >= 0.3 is 0 Å². The summed E-state index contributed by atoms with van der Waals surface area (Å²) < 4.78 is 32.8. The van der Waals surface area contributed by atoms with Crippen molar-refractivity contribution in [3.8, 4) is 5.75 Å². The van der Waals surface area contributed by atoms with E-state index in [0.29, 0.717) is 44.2 Å². The molecule has 1 aliphatic heterocycles. The van der Waals surface area contributed by atoms with Gasteiger partial charge in [-0.25, -0.2) is 8.42 Å². The van der Waals surface area contributed by atoms with Gasteiger partial charge in [-0.3, -0.25) is 4.79 Å². The third-order valence-electron chi connectivity index (χ3n) is 4.76. The number of rotatable bonds is 7. The first-order valence-corrected chi connectivity index (χ1v) is 11.3. The van der Waals surface area contributed by atoms with Gasteiger partial charge in [0, 0.05) is 31.9 Å². The van der Waals surface area contributed by atoms with Crippen LogP contribution in [-0.2, 0) is 10.0 Å². The first kappa shape index (κ1) is 22.3. The predicted molar refractivity (Wildman–Crippen MR) is 118 cm³/mol. The van der Waals surface area contributed by atoms with Crippen molar-refractivity contribution in [3.63, 3.8) is 0 Å². The minimum Gasteiger partial charge on any atom is -0.490 e. The number of piperazine rings is 1. The Balaban J connectivity index is 1.77. The second kappa shape index (κ2) is 9.61. The number of carbonyl (C=O) groups excluding carboxylic acids is 1. The summed E-state index contributed by atoms with van der Waals surface area (Å²) in [5.74, 6) is 0.154. The number of nitrogens with one attached hydrogen (secondary N) is 1. The van der Waals surface area contributed by atoms with Crippen LogP contribution in [0.1, 0.15) is 10.4 Å². The molecule has 1 N–H and O–H groups in total. The summed E-state index contributed by atoms with van der Waals surface area (Å²) in [7, 11) is -1.75. The number of carbonyl (C=O) groups is 1. The van der Waals surface area contributed by atoms with E-state index in [0.717, 1.165) is 0 Å². The standard InChI is InChI=1S/C21H24ClN3O4S/c1-3-14-29-17-6-4-16(5-7-17)23-21(26)19-15-18(8-9-20(19)22)30(27,28)25-12-10-24(2)11-13-25/h3-9,15H,1,10-14H2,2H3,(H,23,26). The van der Waals surface area contributed by atoms with E-state index in [4.69, 9.17) is 16.3 Å². The zero-order valence-electron chi connectivity index (χ0n) is 16.7. The minimum absolute atomic E-state index is 0.0507. The van der Waals surface area contributed by atoms with Crippen molar-refractivity contribution < 1.29 is 17.9 Å². The molecule has 0 radical (unpaired) electrons. The van der Waals surface area contributed by atoms with E-state index in [1.54, 1.807) is 30.3 Å². The molecule has 1 aliphatic rings. The summed E-state index contributed by atoms with van der Waals surface area (Å²) in [4.78, 5) is 14.9. The highest BCUT2D eigenvalue weighted by molar-refractivity contribution is 7.89. The fraction of sp³-hybridized carbons (Fsp3) is 0.286. The second-order valence-corrected chi connectivity index (χ2v) is 9.27. The lowest BCUT2D eigenvalue weighted by molar-refractivity contribution is 0.102. The van der Waals surface area contributed by atoms with E-state index < -0.39 is 15.9 Å². The van der Waals surface area contributed by atoms with Gasteiger partial charge in [0.2, 0.25) is 10.0 Å². The van der Waals surface area contributed by atoms with Crippen molar-refractivity contribution in [2.75, 3.05) is 45.2 Å². The van der Waals surface area contributed by atoms with Gasteiger partial charge in [0.25, 0.3) is 5.91 Å². The first-order valence-electron chi connectivity index (χ1n) is 9.44. The normalized spacial score (nSPS) is 15.5.